The van der Waals surface area contributed by atoms with Crippen LogP contribution in [0.5, 0.6) is 0 Å². The molecule has 108 valence electrons. The summed E-state index contributed by atoms with van der Waals surface area (Å²) in [6.45, 7) is 2.68. The Kier molecular flexibility index (Phi) is 4.05. The predicted molar refractivity (Wildman–Crippen MR) is 75.2 cm³/mol. The van der Waals surface area contributed by atoms with Gasteiger partial charge in [0.15, 0.2) is 5.82 Å². The van der Waals surface area contributed by atoms with Crippen molar-refractivity contribution in [1.82, 2.24) is 19.1 Å². The second-order valence-electron chi connectivity index (χ2n) is 4.35. The third-order valence-electron chi connectivity index (χ3n) is 2.92. The Morgan fingerprint density at radius 1 is 1.35 bits per heavy atom. The molecule has 2 rings (SSSR count). The summed E-state index contributed by atoms with van der Waals surface area (Å²) in [5, 5.41) is 3.96. The number of rotatable bonds is 5. The van der Waals surface area contributed by atoms with E-state index in [9.17, 15) is 8.42 Å². The zero-order chi connectivity index (χ0) is 14.8. The standard InChI is InChI=1S/C12H17N5O2S/c1-3-17-9-11(12(13)15-17)20(18,19)16(2)8-10-4-6-14-7-5-10/h4-7,9H,3,8H2,1-2H3,(H2,13,15). The number of hydrogen-bond donors (Lipinski definition) is 1. The average molecular weight is 295 g/mol. The van der Waals surface area contributed by atoms with E-state index < -0.39 is 10.0 Å². The molecule has 0 aliphatic rings. The van der Waals surface area contributed by atoms with Gasteiger partial charge in [-0.2, -0.15) is 9.40 Å². The van der Waals surface area contributed by atoms with E-state index in [1.165, 1.54) is 22.2 Å². The minimum absolute atomic E-state index is 0.0217. The van der Waals surface area contributed by atoms with Crippen LogP contribution in [0.2, 0.25) is 0 Å². The molecule has 0 bridgehead atoms. The van der Waals surface area contributed by atoms with Crippen molar-refractivity contribution in [3.63, 3.8) is 0 Å². The van der Waals surface area contributed by atoms with Crippen LogP contribution in [0.15, 0.2) is 35.6 Å². The molecule has 20 heavy (non-hydrogen) atoms. The lowest BCUT2D eigenvalue weighted by molar-refractivity contribution is 0.466. The first-order valence-electron chi connectivity index (χ1n) is 6.13. The molecule has 0 amide bonds. The molecule has 2 heterocycles. The highest BCUT2D eigenvalue weighted by Gasteiger charge is 2.26. The van der Waals surface area contributed by atoms with E-state index in [-0.39, 0.29) is 17.3 Å². The minimum Gasteiger partial charge on any atom is -0.381 e. The van der Waals surface area contributed by atoms with Gasteiger partial charge in [-0.25, -0.2) is 8.42 Å². The van der Waals surface area contributed by atoms with Crippen molar-refractivity contribution >= 4 is 15.8 Å². The number of aryl methyl sites for hydroxylation is 1. The van der Waals surface area contributed by atoms with E-state index in [2.05, 4.69) is 10.1 Å². The predicted octanol–water partition coefficient (Wildman–Crippen LogP) is 0.701. The first-order chi connectivity index (χ1) is 9.45. The molecule has 0 aromatic carbocycles. The lowest BCUT2D eigenvalue weighted by atomic mass is 10.3. The number of hydrogen-bond acceptors (Lipinski definition) is 5. The molecule has 7 nitrogen and oxygen atoms in total. The van der Waals surface area contributed by atoms with Crippen LogP contribution in [-0.4, -0.2) is 34.5 Å². The fourth-order valence-corrected chi connectivity index (χ4v) is 2.99. The summed E-state index contributed by atoms with van der Waals surface area (Å²) in [6, 6.07) is 3.54. The lowest BCUT2D eigenvalue weighted by Gasteiger charge is -2.16. The van der Waals surface area contributed by atoms with Gasteiger partial charge in [-0.1, -0.05) is 0 Å². The zero-order valence-electron chi connectivity index (χ0n) is 11.4. The number of pyridine rings is 1. The third kappa shape index (κ3) is 2.81. The van der Waals surface area contributed by atoms with E-state index in [1.807, 2.05) is 6.92 Å². The molecular weight excluding hydrogens is 278 g/mol. The summed E-state index contributed by atoms with van der Waals surface area (Å²) in [5.41, 5.74) is 6.54. The van der Waals surface area contributed by atoms with Gasteiger partial charge in [-0.15, -0.1) is 0 Å². The molecule has 0 aliphatic heterocycles. The minimum atomic E-state index is -3.65. The summed E-state index contributed by atoms with van der Waals surface area (Å²) in [5.74, 6) is 0.0217. The van der Waals surface area contributed by atoms with Crippen molar-refractivity contribution in [1.29, 1.82) is 0 Å². The Balaban J connectivity index is 2.27. The Hall–Kier alpha value is -1.93. The summed E-state index contributed by atoms with van der Waals surface area (Å²) < 4.78 is 27.7. The van der Waals surface area contributed by atoms with Crippen LogP contribution in [0.3, 0.4) is 0 Å². The summed E-state index contributed by atoms with van der Waals surface area (Å²) >= 11 is 0. The zero-order valence-corrected chi connectivity index (χ0v) is 12.2. The molecule has 0 spiro atoms. The SMILES string of the molecule is CCn1cc(S(=O)(=O)N(C)Cc2ccncc2)c(N)n1. The Morgan fingerprint density at radius 2 is 2.00 bits per heavy atom. The summed E-state index contributed by atoms with van der Waals surface area (Å²) in [6.07, 6.45) is 4.70. The van der Waals surface area contributed by atoms with Crippen LogP contribution < -0.4 is 5.73 Å². The largest absolute Gasteiger partial charge is 0.381 e. The number of nitrogens with zero attached hydrogens (tertiary/aromatic N) is 4. The Labute approximate surface area is 118 Å². The van der Waals surface area contributed by atoms with Gasteiger partial charge < -0.3 is 5.73 Å². The fourth-order valence-electron chi connectivity index (χ4n) is 1.78. The number of anilines is 1. The van der Waals surface area contributed by atoms with Gasteiger partial charge in [0.05, 0.1) is 0 Å². The number of aromatic nitrogens is 3. The molecule has 0 saturated carbocycles. The maximum absolute atomic E-state index is 12.5. The molecule has 2 aromatic heterocycles. The molecule has 0 unspecified atom stereocenters. The monoisotopic (exact) mass is 295 g/mol. The second-order valence-corrected chi connectivity index (χ2v) is 6.36. The second kappa shape index (κ2) is 5.59. The molecule has 2 N–H and O–H groups in total. The number of sulfonamides is 1. The van der Waals surface area contributed by atoms with Crippen LogP contribution in [0.1, 0.15) is 12.5 Å². The van der Waals surface area contributed by atoms with Crippen molar-refractivity contribution in [3.05, 3.63) is 36.3 Å². The van der Waals surface area contributed by atoms with Gasteiger partial charge in [-0.05, 0) is 24.6 Å². The molecule has 8 heteroatoms. The first kappa shape index (κ1) is 14.5. The van der Waals surface area contributed by atoms with Crippen LogP contribution in [0.25, 0.3) is 0 Å². The maximum Gasteiger partial charge on any atom is 0.248 e. The van der Waals surface area contributed by atoms with Gasteiger partial charge in [-0.3, -0.25) is 9.67 Å². The average Bonchev–Trinajstić information content (AvgIpc) is 2.82. The maximum atomic E-state index is 12.5. The Morgan fingerprint density at radius 3 is 2.55 bits per heavy atom. The van der Waals surface area contributed by atoms with E-state index in [0.717, 1.165) is 5.56 Å². The van der Waals surface area contributed by atoms with Crippen molar-refractivity contribution in [2.75, 3.05) is 12.8 Å². The van der Waals surface area contributed by atoms with Gasteiger partial charge in [0.1, 0.15) is 4.90 Å². The molecule has 0 aliphatic carbocycles. The lowest BCUT2D eigenvalue weighted by Crippen LogP contribution is -2.26. The van der Waals surface area contributed by atoms with Gasteiger partial charge >= 0.3 is 0 Å². The smallest absolute Gasteiger partial charge is 0.248 e. The van der Waals surface area contributed by atoms with Crippen LogP contribution in [0.4, 0.5) is 5.82 Å². The third-order valence-corrected chi connectivity index (χ3v) is 4.74. The highest BCUT2D eigenvalue weighted by molar-refractivity contribution is 7.89. The molecule has 0 fully saturated rings. The molecule has 0 saturated heterocycles. The van der Waals surface area contributed by atoms with E-state index in [4.69, 9.17) is 5.73 Å². The molecule has 0 radical (unpaired) electrons. The van der Waals surface area contributed by atoms with E-state index >= 15 is 0 Å². The normalized spacial score (nSPS) is 11.9. The topological polar surface area (TPSA) is 94.1 Å². The summed E-state index contributed by atoms with van der Waals surface area (Å²) in [7, 11) is -2.14. The summed E-state index contributed by atoms with van der Waals surface area (Å²) in [4.78, 5) is 3.94. The quantitative estimate of drug-likeness (QED) is 0.876. The highest BCUT2D eigenvalue weighted by Crippen LogP contribution is 2.21. The van der Waals surface area contributed by atoms with Gasteiger partial charge in [0, 0.05) is 38.7 Å². The fraction of sp³-hybridized carbons (Fsp3) is 0.333. The Bertz CT molecular complexity index is 681. The molecule has 2 aromatic rings. The van der Waals surface area contributed by atoms with Crippen molar-refractivity contribution in [2.45, 2.75) is 24.9 Å². The van der Waals surface area contributed by atoms with Crippen LogP contribution in [-0.2, 0) is 23.1 Å². The van der Waals surface area contributed by atoms with Crippen LogP contribution >= 0.6 is 0 Å². The van der Waals surface area contributed by atoms with E-state index in [1.54, 1.807) is 24.5 Å². The number of nitrogens with two attached hydrogens (primary N) is 1. The van der Waals surface area contributed by atoms with E-state index in [0.29, 0.717) is 6.54 Å². The van der Waals surface area contributed by atoms with Crippen molar-refractivity contribution in [2.24, 2.45) is 0 Å². The van der Waals surface area contributed by atoms with Gasteiger partial charge in [0.2, 0.25) is 10.0 Å². The highest BCUT2D eigenvalue weighted by atomic mass is 32.2. The number of nitrogen functional groups attached to an aromatic ring is 1. The molecular formula is C12H17N5O2S. The van der Waals surface area contributed by atoms with Crippen molar-refractivity contribution in [3.8, 4) is 0 Å². The van der Waals surface area contributed by atoms with Crippen LogP contribution in [0, 0.1) is 0 Å². The van der Waals surface area contributed by atoms with Crippen molar-refractivity contribution < 1.29 is 8.42 Å². The first-order valence-corrected chi connectivity index (χ1v) is 7.57. The molecule has 0 atom stereocenters. The van der Waals surface area contributed by atoms with Gasteiger partial charge in [0.25, 0.3) is 0 Å².